The molecule has 1 fully saturated rings. The van der Waals surface area contributed by atoms with Crippen LogP contribution in [0.5, 0.6) is 0 Å². The van der Waals surface area contributed by atoms with E-state index >= 15 is 0 Å². The van der Waals surface area contributed by atoms with Crippen LogP contribution in [0.25, 0.3) is 0 Å². The van der Waals surface area contributed by atoms with Crippen molar-refractivity contribution in [2.75, 3.05) is 13.1 Å². The summed E-state index contributed by atoms with van der Waals surface area (Å²) < 4.78 is 1.31. The summed E-state index contributed by atoms with van der Waals surface area (Å²) >= 11 is 5.60. The lowest BCUT2D eigenvalue weighted by molar-refractivity contribution is 0.183. The SMILES string of the molecule is CC(C)CNCC1CCC(C)CC1Cc1sccc1Br. The summed E-state index contributed by atoms with van der Waals surface area (Å²) in [6.45, 7) is 9.36. The molecule has 3 atom stereocenters. The second kappa shape index (κ2) is 7.95. The predicted octanol–water partition coefficient (Wildman–Crippen LogP) is 5.35. The summed E-state index contributed by atoms with van der Waals surface area (Å²) in [7, 11) is 0. The highest BCUT2D eigenvalue weighted by atomic mass is 79.9. The maximum atomic E-state index is 3.69. The van der Waals surface area contributed by atoms with Crippen molar-refractivity contribution in [3.05, 3.63) is 20.8 Å². The number of thiophene rings is 1. The highest BCUT2D eigenvalue weighted by Gasteiger charge is 2.29. The van der Waals surface area contributed by atoms with Crippen molar-refractivity contribution in [3.8, 4) is 0 Å². The first-order valence-corrected chi connectivity index (χ1v) is 9.66. The highest BCUT2D eigenvalue weighted by Crippen LogP contribution is 2.37. The third-order valence-electron chi connectivity index (χ3n) is 4.50. The molecular weight excluding hydrogens is 330 g/mol. The molecule has 20 heavy (non-hydrogen) atoms. The Morgan fingerprint density at radius 2 is 2.15 bits per heavy atom. The van der Waals surface area contributed by atoms with Crippen LogP contribution in [-0.4, -0.2) is 13.1 Å². The minimum absolute atomic E-state index is 0.752. The Hall–Kier alpha value is 0.140. The third-order valence-corrected chi connectivity index (χ3v) is 6.45. The second-order valence-corrected chi connectivity index (χ2v) is 8.74. The molecule has 0 aliphatic heterocycles. The lowest BCUT2D eigenvalue weighted by Gasteiger charge is -2.35. The van der Waals surface area contributed by atoms with Gasteiger partial charge in [-0.15, -0.1) is 11.3 Å². The van der Waals surface area contributed by atoms with Gasteiger partial charge in [-0.05, 0) is 83.4 Å². The minimum atomic E-state index is 0.752. The zero-order chi connectivity index (χ0) is 14.5. The van der Waals surface area contributed by atoms with Gasteiger partial charge in [0.25, 0.3) is 0 Å². The molecule has 1 nitrogen and oxygen atoms in total. The van der Waals surface area contributed by atoms with Crippen LogP contribution >= 0.6 is 27.3 Å². The molecule has 1 N–H and O–H groups in total. The molecule has 0 radical (unpaired) electrons. The Labute approximate surface area is 136 Å². The molecular formula is C17H28BrNS. The van der Waals surface area contributed by atoms with Gasteiger partial charge in [-0.1, -0.05) is 27.2 Å². The van der Waals surface area contributed by atoms with E-state index in [4.69, 9.17) is 0 Å². The molecule has 114 valence electrons. The summed E-state index contributed by atoms with van der Waals surface area (Å²) in [6, 6.07) is 2.19. The van der Waals surface area contributed by atoms with E-state index in [0.29, 0.717) is 0 Å². The van der Waals surface area contributed by atoms with Crippen molar-refractivity contribution in [1.82, 2.24) is 5.32 Å². The van der Waals surface area contributed by atoms with Gasteiger partial charge in [0.2, 0.25) is 0 Å². The van der Waals surface area contributed by atoms with Crippen molar-refractivity contribution < 1.29 is 0 Å². The number of hydrogen-bond donors (Lipinski definition) is 1. The predicted molar refractivity (Wildman–Crippen MR) is 93.4 cm³/mol. The lowest BCUT2D eigenvalue weighted by Crippen LogP contribution is -2.35. The number of nitrogens with one attached hydrogen (secondary N) is 1. The first-order chi connectivity index (χ1) is 9.56. The molecule has 1 aliphatic rings. The van der Waals surface area contributed by atoms with Gasteiger partial charge in [0.15, 0.2) is 0 Å². The van der Waals surface area contributed by atoms with Crippen LogP contribution in [0.15, 0.2) is 15.9 Å². The maximum absolute atomic E-state index is 3.69. The van der Waals surface area contributed by atoms with Gasteiger partial charge in [-0.3, -0.25) is 0 Å². The van der Waals surface area contributed by atoms with Crippen LogP contribution < -0.4 is 5.32 Å². The fourth-order valence-corrected chi connectivity index (χ4v) is 4.96. The molecule has 1 aromatic rings. The molecule has 3 heteroatoms. The van der Waals surface area contributed by atoms with Crippen LogP contribution in [0.2, 0.25) is 0 Å². The zero-order valence-corrected chi connectivity index (χ0v) is 15.4. The molecule has 1 saturated carbocycles. The third kappa shape index (κ3) is 4.85. The molecule has 1 aromatic heterocycles. The molecule has 3 unspecified atom stereocenters. The minimum Gasteiger partial charge on any atom is -0.316 e. The smallest absolute Gasteiger partial charge is 0.0314 e. The van der Waals surface area contributed by atoms with E-state index in [1.54, 1.807) is 0 Å². The fraction of sp³-hybridized carbons (Fsp3) is 0.765. The van der Waals surface area contributed by atoms with Gasteiger partial charge >= 0.3 is 0 Å². The fourth-order valence-electron chi connectivity index (χ4n) is 3.35. The van der Waals surface area contributed by atoms with E-state index in [-0.39, 0.29) is 0 Å². The van der Waals surface area contributed by atoms with Gasteiger partial charge in [0.1, 0.15) is 0 Å². The lowest BCUT2D eigenvalue weighted by atomic mass is 9.73. The molecule has 1 aliphatic carbocycles. The van der Waals surface area contributed by atoms with E-state index in [1.807, 2.05) is 11.3 Å². The van der Waals surface area contributed by atoms with Gasteiger partial charge in [0, 0.05) is 9.35 Å². The number of rotatable bonds is 6. The Kier molecular flexibility index (Phi) is 6.57. The van der Waals surface area contributed by atoms with Crippen molar-refractivity contribution >= 4 is 27.3 Å². The van der Waals surface area contributed by atoms with Crippen LogP contribution in [0.4, 0.5) is 0 Å². The first kappa shape index (κ1) is 16.5. The van der Waals surface area contributed by atoms with Crippen LogP contribution in [0, 0.1) is 23.7 Å². The van der Waals surface area contributed by atoms with Crippen molar-refractivity contribution in [3.63, 3.8) is 0 Å². The van der Waals surface area contributed by atoms with Gasteiger partial charge in [-0.25, -0.2) is 0 Å². The zero-order valence-electron chi connectivity index (χ0n) is 13.0. The van der Waals surface area contributed by atoms with E-state index < -0.39 is 0 Å². The summed E-state index contributed by atoms with van der Waals surface area (Å²) in [5.41, 5.74) is 0. The topological polar surface area (TPSA) is 12.0 Å². The van der Waals surface area contributed by atoms with E-state index in [1.165, 1.54) is 41.6 Å². The van der Waals surface area contributed by atoms with E-state index in [9.17, 15) is 0 Å². The normalized spacial score (nSPS) is 27.1. The van der Waals surface area contributed by atoms with Crippen molar-refractivity contribution in [2.24, 2.45) is 23.7 Å². The van der Waals surface area contributed by atoms with E-state index in [0.717, 1.165) is 30.2 Å². The molecule has 0 saturated heterocycles. The Morgan fingerprint density at radius 1 is 1.35 bits per heavy atom. The number of hydrogen-bond acceptors (Lipinski definition) is 2. The largest absolute Gasteiger partial charge is 0.316 e. The van der Waals surface area contributed by atoms with Gasteiger partial charge in [0.05, 0.1) is 0 Å². The standard InChI is InChI=1S/C17H28BrNS/c1-12(2)10-19-11-14-5-4-13(3)8-15(14)9-17-16(18)6-7-20-17/h6-7,12-15,19H,4-5,8-11H2,1-3H3. The van der Waals surface area contributed by atoms with Crippen molar-refractivity contribution in [1.29, 1.82) is 0 Å². The Bertz CT molecular complexity index is 401. The second-order valence-electron chi connectivity index (χ2n) is 6.89. The van der Waals surface area contributed by atoms with Crippen LogP contribution in [-0.2, 0) is 6.42 Å². The summed E-state index contributed by atoms with van der Waals surface area (Å²) in [5, 5.41) is 5.89. The van der Waals surface area contributed by atoms with Gasteiger partial charge < -0.3 is 5.32 Å². The first-order valence-electron chi connectivity index (χ1n) is 7.98. The molecule has 0 bridgehead atoms. The summed E-state index contributed by atoms with van der Waals surface area (Å²) in [5.74, 6) is 3.37. The summed E-state index contributed by atoms with van der Waals surface area (Å²) in [4.78, 5) is 1.54. The van der Waals surface area contributed by atoms with Gasteiger partial charge in [-0.2, -0.15) is 0 Å². The average Bonchev–Trinajstić information content (AvgIpc) is 2.77. The average molecular weight is 358 g/mol. The monoisotopic (exact) mass is 357 g/mol. The molecule has 2 rings (SSSR count). The Morgan fingerprint density at radius 3 is 2.80 bits per heavy atom. The molecule has 0 aromatic carbocycles. The highest BCUT2D eigenvalue weighted by molar-refractivity contribution is 9.10. The van der Waals surface area contributed by atoms with Crippen LogP contribution in [0.1, 0.15) is 44.9 Å². The molecule has 1 heterocycles. The maximum Gasteiger partial charge on any atom is 0.0314 e. The molecule has 0 spiro atoms. The van der Waals surface area contributed by atoms with Crippen molar-refractivity contribution in [2.45, 2.75) is 46.5 Å². The molecule has 0 amide bonds. The van der Waals surface area contributed by atoms with Crippen LogP contribution in [0.3, 0.4) is 0 Å². The quantitative estimate of drug-likeness (QED) is 0.723. The summed E-state index contributed by atoms with van der Waals surface area (Å²) in [6.07, 6.45) is 5.48. The number of halogens is 1. The Balaban J connectivity index is 1.92. The van der Waals surface area contributed by atoms with E-state index in [2.05, 4.69) is 53.5 Å².